The molecule has 1 aliphatic heterocycles. The van der Waals surface area contributed by atoms with Gasteiger partial charge in [0.25, 0.3) is 0 Å². The fraction of sp³-hybridized carbons (Fsp3) is 0.467. The van der Waals surface area contributed by atoms with Crippen LogP contribution in [0.4, 0.5) is 0 Å². The Balaban J connectivity index is 2.08. The number of carbonyl (C=O) groups is 2. The molecule has 0 N–H and O–H groups in total. The largest absolute Gasteiger partial charge is 0.469 e. The molecule has 1 aromatic carbocycles. The van der Waals surface area contributed by atoms with Gasteiger partial charge in [-0.1, -0.05) is 30.3 Å². The Morgan fingerprint density at radius 2 is 2.00 bits per heavy atom. The van der Waals surface area contributed by atoms with Gasteiger partial charge in [0.1, 0.15) is 6.29 Å². The first-order valence-electron chi connectivity index (χ1n) is 6.59. The van der Waals surface area contributed by atoms with Crippen LogP contribution < -0.4 is 0 Å². The third-order valence-corrected chi connectivity index (χ3v) is 3.21. The van der Waals surface area contributed by atoms with Crippen LogP contribution in [0.2, 0.25) is 0 Å². The van der Waals surface area contributed by atoms with Crippen molar-refractivity contribution >= 4 is 12.3 Å². The number of hydrogen-bond donors (Lipinski definition) is 0. The smallest absolute Gasteiger partial charge is 0.308 e. The Hall–Kier alpha value is -1.72. The molecule has 108 valence electrons. The third-order valence-electron chi connectivity index (χ3n) is 3.21. The van der Waals surface area contributed by atoms with E-state index in [1.54, 1.807) is 0 Å². The maximum atomic E-state index is 11.4. The Morgan fingerprint density at radius 3 is 2.65 bits per heavy atom. The second-order valence-corrected chi connectivity index (χ2v) is 4.68. The molecule has 1 heterocycles. The molecule has 3 atom stereocenters. The SMILES string of the molecule is COC(=O)CC1CC(CC=O)OC(c2ccccc2)O1. The van der Waals surface area contributed by atoms with Crippen molar-refractivity contribution in [2.24, 2.45) is 0 Å². The van der Waals surface area contributed by atoms with E-state index >= 15 is 0 Å². The molecule has 0 amide bonds. The van der Waals surface area contributed by atoms with Gasteiger partial charge in [0.15, 0.2) is 6.29 Å². The fourth-order valence-corrected chi connectivity index (χ4v) is 2.21. The number of rotatable bonds is 5. The third kappa shape index (κ3) is 3.88. The highest BCUT2D eigenvalue weighted by atomic mass is 16.7. The molecule has 0 aromatic heterocycles. The summed E-state index contributed by atoms with van der Waals surface area (Å²) in [6, 6.07) is 9.47. The first-order valence-corrected chi connectivity index (χ1v) is 6.59. The maximum absolute atomic E-state index is 11.4. The number of aldehydes is 1. The second kappa shape index (κ2) is 7.17. The number of methoxy groups -OCH3 is 1. The summed E-state index contributed by atoms with van der Waals surface area (Å²) in [5.74, 6) is -0.325. The summed E-state index contributed by atoms with van der Waals surface area (Å²) in [7, 11) is 1.35. The summed E-state index contributed by atoms with van der Waals surface area (Å²) in [5.41, 5.74) is 0.873. The van der Waals surface area contributed by atoms with Crippen LogP contribution in [0, 0.1) is 0 Å². The van der Waals surface area contributed by atoms with E-state index in [1.807, 2.05) is 30.3 Å². The van der Waals surface area contributed by atoms with Crippen LogP contribution in [0.25, 0.3) is 0 Å². The van der Waals surface area contributed by atoms with Gasteiger partial charge in [0, 0.05) is 18.4 Å². The van der Waals surface area contributed by atoms with Gasteiger partial charge in [-0.3, -0.25) is 4.79 Å². The van der Waals surface area contributed by atoms with E-state index in [9.17, 15) is 9.59 Å². The highest BCUT2D eigenvalue weighted by Crippen LogP contribution is 2.32. The Bertz CT molecular complexity index is 445. The average Bonchev–Trinajstić information content (AvgIpc) is 2.48. The first kappa shape index (κ1) is 14.7. The summed E-state index contributed by atoms with van der Waals surface area (Å²) in [6.45, 7) is 0. The number of benzene rings is 1. The standard InChI is InChI=1S/C15H18O5/c1-18-14(17)10-13-9-12(7-8-16)19-15(20-13)11-5-3-2-4-6-11/h2-6,8,12-13,15H,7,9-10H2,1H3. The number of ether oxygens (including phenoxy) is 3. The molecule has 0 bridgehead atoms. The normalized spacial score (nSPS) is 25.9. The lowest BCUT2D eigenvalue weighted by Gasteiger charge is -2.35. The van der Waals surface area contributed by atoms with Crippen molar-refractivity contribution in [3.05, 3.63) is 35.9 Å². The number of carbonyl (C=O) groups excluding carboxylic acids is 2. The molecular weight excluding hydrogens is 260 g/mol. The van der Waals surface area contributed by atoms with Crippen LogP contribution in [0.15, 0.2) is 30.3 Å². The maximum Gasteiger partial charge on any atom is 0.308 e. The lowest BCUT2D eigenvalue weighted by Crippen LogP contribution is -2.35. The quantitative estimate of drug-likeness (QED) is 0.609. The molecule has 1 saturated heterocycles. The highest BCUT2D eigenvalue weighted by molar-refractivity contribution is 5.69. The fourth-order valence-electron chi connectivity index (χ4n) is 2.21. The lowest BCUT2D eigenvalue weighted by molar-refractivity contribution is -0.248. The molecule has 1 aliphatic rings. The molecule has 5 nitrogen and oxygen atoms in total. The topological polar surface area (TPSA) is 61.8 Å². The van der Waals surface area contributed by atoms with Gasteiger partial charge in [0.05, 0.1) is 25.7 Å². The Morgan fingerprint density at radius 1 is 1.30 bits per heavy atom. The molecule has 1 aromatic rings. The van der Waals surface area contributed by atoms with Gasteiger partial charge in [-0.05, 0) is 0 Å². The summed E-state index contributed by atoms with van der Waals surface area (Å²) < 4.78 is 16.2. The Kier molecular flexibility index (Phi) is 5.26. The zero-order valence-corrected chi connectivity index (χ0v) is 11.4. The molecule has 0 radical (unpaired) electrons. The zero-order valence-electron chi connectivity index (χ0n) is 11.4. The summed E-state index contributed by atoms with van der Waals surface area (Å²) in [6.07, 6.45) is 0.713. The monoisotopic (exact) mass is 278 g/mol. The van der Waals surface area contributed by atoms with Gasteiger partial charge >= 0.3 is 5.97 Å². The van der Waals surface area contributed by atoms with Gasteiger partial charge in [-0.15, -0.1) is 0 Å². The van der Waals surface area contributed by atoms with Crippen LogP contribution in [-0.2, 0) is 23.8 Å². The predicted molar refractivity (Wildman–Crippen MR) is 70.9 cm³/mol. The van der Waals surface area contributed by atoms with Crippen molar-refractivity contribution in [1.29, 1.82) is 0 Å². The summed E-state index contributed by atoms with van der Waals surface area (Å²) in [5, 5.41) is 0. The van der Waals surface area contributed by atoms with E-state index < -0.39 is 6.29 Å². The van der Waals surface area contributed by atoms with Gasteiger partial charge in [-0.2, -0.15) is 0 Å². The van der Waals surface area contributed by atoms with Crippen molar-refractivity contribution < 1.29 is 23.8 Å². The van der Waals surface area contributed by atoms with Crippen LogP contribution in [-0.4, -0.2) is 31.6 Å². The van der Waals surface area contributed by atoms with E-state index in [2.05, 4.69) is 4.74 Å². The van der Waals surface area contributed by atoms with E-state index in [-0.39, 0.29) is 24.6 Å². The molecule has 1 fully saturated rings. The summed E-state index contributed by atoms with van der Waals surface area (Å²) in [4.78, 5) is 22.1. The van der Waals surface area contributed by atoms with Gasteiger partial charge in [0.2, 0.25) is 0 Å². The molecule has 3 unspecified atom stereocenters. The minimum absolute atomic E-state index is 0.165. The van der Waals surface area contributed by atoms with E-state index in [0.717, 1.165) is 11.8 Å². The van der Waals surface area contributed by atoms with Crippen LogP contribution in [0.5, 0.6) is 0 Å². The number of esters is 1. The van der Waals surface area contributed by atoms with Crippen molar-refractivity contribution in [3.8, 4) is 0 Å². The molecule has 0 saturated carbocycles. The minimum Gasteiger partial charge on any atom is -0.469 e. The van der Waals surface area contributed by atoms with Gasteiger partial charge in [-0.25, -0.2) is 0 Å². The van der Waals surface area contributed by atoms with E-state index in [0.29, 0.717) is 12.8 Å². The molecule has 0 spiro atoms. The number of hydrogen-bond acceptors (Lipinski definition) is 5. The van der Waals surface area contributed by atoms with E-state index in [4.69, 9.17) is 9.47 Å². The lowest BCUT2D eigenvalue weighted by atomic mass is 10.0. The van der Waals surface area contributed by atoms with Crippen molar-refractivity contribution in [2.45, 2.75) is 37.8 Å². The zero-order chi connectivity index (χ0) is 14.4. The van der Waals surface area contributed by atoms with Crippen LogP contribution >= 0.6 is 0 Å². The highest BCUT2D eigenvalue weighted by Gasteiger charge is 2.32. The van der Waals surface area contributed by atoms with Crippen molar-refractivity contribution in [3.63, 3.8) is 0 Å². The summed E-state index contributed by atoms with van der Waals surface area (Å²) >= 11 is 0. The first-order chi connectivity index (χ1) is 9.72. The van der Waals surface area contributed by atoms with Crippen LogP contribution in [0.1, 0.15) is 31.1 Å². The Labute approximate surface area is 117 Å². The van der Waals surface area contributed by atoms with Gasteiger partial charge < -0.3 is 19.0 Å². The minimum atomic E-state index is -0.551. The molecular formula is C15H18O5. The van der Waals surface area contributed by atoms with Crippen molar-refractivity contribution in [2.75, 3.05) is 7.11 Å². The molecule has 20 heavy (non-hydrogen) atoms. The predicted octanol–water partition coefficient (Wildman–Crippen LogP) is 2.01. The molecule has 5 heteroatoms. The molecule has 2 rings (SSSR count). The average molecular weight is 278 g/mol. The second-order valence-electron chi connectivity index (χ2n) is 4.68. The van der Waals surface area contributed by atoms with Crippen molar-refractivity contribution in [1.82, 2.24) is 0 Å². The van der Waals surface area contributed by atoms with E-state index in [1.165, 1.54) is 7.11 Å². The van der Waals surface area contributed by atoms with Crippen LogP contribution in [0.3, 0.4) is 0 Å². The molecule has 0 aliphatic carbocycles.